The van der Waals surface area contributed by atoms with Crippen LogP contribution in [0.4, 0.5) is 0 Å². The zero-order chi connectivity index (χ0) is 25.4. The molecule has 0 amide bonds. The van der Waals surface area contributed by atoms with Crippen molar-refractivity contribution in [2.75, 3.05) is 20.0 Å². The Morgan fingerprint density at radius 1 is 0.941 bits per heavy atom. The summed E-state index contributed by atoms with van der Waals surface area (Å²) >= 11 is 24.5. The average molecular weight is 570 g/mol. The molecule has 2 N–H and O–H groups in total. The van der Waals surface area contributed by atoms with Crippen LogP contribution < -0.4 is 9.47 Å². The maximum Gasteiger partial charge on any atom is 0.341 e. The summed E-state index contributed by atoms with van der Waals surface area (Å²) in [5, 5.41) is 26.5. The van der Waals surface area contributed by atoms with E-state index in [1.807, 2.05) is 0 Å². The van der Waals surface area contributed by atoms with Crippen LogP contribution in [0.3, 0.4) is 0 Å². The van der Waals surface area contributed by atoms with Gasteiger partial charge in [-0.25, -0.2) is 4.79 Å². The number of thioether (sulfide) groups is 1. The zero-order valence-electron chi connectivity index (χ0n) is 17.5. The van der Waals surface area contributed by atoms with E-state index in [0.29, 0.717) is 32.1 Å². The molecule has 0 spiro atoms. The van der Waals surface area contributed by atoms with Crippen molar-refractivity contribution < 1.29 is 33.7 Å². The smallest absolute Gasteiger partial charge is 0.341 e. The monoisotopic (exact) mass is 568 g/mol. The number of aromatic nitrogens is 2. The largest absolute Gasteiger partial charge is 0.496 e. The topological polar surface area (TPSA) is 132 Å². The minimum Gasteiger partial charge on any atom is -0.496 e. The number of nitrogens with zero attached hydrogens (tertiary/aromatic N) is 2. The van der Waals surface area contributed by atoms with Gasteiger partial charge in [0, 0.05) is 15.8 Å². The Hall–Kier alpha value is -2.37. The number of halogens is 4. The second-order valence-corrected chi connectivity index (χ2v) is 8.83. The molecular formula is C20H16Cl4N2O7S. The van der Waals surface area contributed by atoms with Crippen LogP contribution in [0, 0.1) is 0 Å². The zero-order valence-corrected chi connectivity index (χ0v) is 21.3. The molecule has 9 nitrogen and oxygen atoms in total. The summed E-state index contributed by atoms with van der Waals surface area (Å²) in [4.78, 5) is 21.2. The fraction of sp³-hybridized carbons (Fsp3) is 0.200. The second-order valence-electron chi connectivity index (χ2n) is 6.10. The molecule has 0 aliphatic rings. The van der Waals surface area contributed by atoms with Crippen LogP contribution in [0.2, 0.25) is 20.1 Å². The second kappa shape index (κ2) is 12.9. The molecule has 1 aromatic heterocycles. The van der Waals surface area contributed by atoms with E-state index in [1.165, 1.54) is 26.4 Å². The molecule has 0 atom stereocenters. The molecule has 1 heterocycles. The normalized spacial score (nSPS) is 10.3. The highest BCUT2D eigenvalue weighted by Crippen LogP contribution is 2.39. The van der Waals surface area contributed by atoms with Crippen LogP contribution in [0.5, 0.6) is 11.5 Å². The number of rotatable bonds is 8. The van der Waals surface area contributed by atoms with Crippen molar-refractivity contribution in [3.63, 3.8) is 0 Å². The lowest BCUT2D eigenvalue weighted by Gasteiger charge is -2.07. The van der Waals surface area contributed by atoms with E-state index in [4.69, 9.17) is 70.5 Å². The minimum absolute atomic E-state index is 0.00734. The Labute approximate surface area is 217 Å². The van der Waals surface area contributed by atoms with Crippen molar-refractivity contribution in [1.29, 1.82) is 0 Å². The molecule has 2 aromatic carbocycles. The Morgan fingerprint density at radius 2 is 1.53 bits per heavy atom. The molecular weight excluding hydrogens is 554 g/mol. The highest BCUT2D eigenvalue weighted by atomic mass is 35.5. The quantitative estimate of drug-likeness (QED) is 0.297. The summed E-state index contributed by atoms with van der Waals surface area (Å²) < 4.78 is 15.5. The molecule has 0 saturated heterocycles. The van der Waals surface area contributed by atoms with Crippen LogP contribution in [-0.4, -0.2) is 52.3 Å². The van der Waals surface area contributed by atoms with Gasteiger partial charge >= 0.3 is 11.9 Å². The summed E-state index contributed by atoms with van der Waals surface area (Å²) in [5.41, 5.74) is 0.370. The third-order valence-corrected chi connectivity index (χ3v) is 5.71. The van der Waals surface area contributed by atoms with Crippen molar-refractivity contribution in [2.24, 2.45) is 0 Å². The molecule has 182 valence electrons. The number of aromatic carboxylic acids is 1. The van der Waals surface area contributed by atoms with E-state index in [0.717, 1.165) is 11.8 Å². The van der Waals surface area contributed by atoms with Gasteiger partial charge in [0.25, 0.3) is 11.1 Å². The summed E-state index contributed by atoms with van der Waals surface area (Å²) in [6.45, 7) is 0. The van der Waals surface area contributed by atoms with Gasteiger partial charge in [0.05, 0.1) is 36.2 Å². The van der Waals surface area contributed by atoms with Crippen molar-refractivity contribution in [3.05, 3.63) is 49.9 Å². The van der Waals surface area contributed by atoms with Crippen LogP contribution in [0.15, 0.2) is 33.9 Å². The minimum atomic E-state index is -1.14. The third-order valence-electron chi connectivity index (χ3n) is 3.85. The Morgan fingerprint density at radius 3 is 2.09 bits per heavy atom. The van der Waals surface area contributed by atoms with Gasteiger partial charge in [0.1, 0.15) is 17.1 Å². The number of hydrogen-bond acceptors (Lipinski definition) is 8. The first-order valence-electron chi connectivity index (χ1n) is 9.05. The van der Waals surface area contributed by atoms with Crippen LogP contribution in [0.1, 0.15) is 16.8 Å². The SMILES string of the molecule is COc1cc(Cl)cc(Cl)c1-c1nnc(SCCC(=O)O)o1.COc1cc(Cl)cc(Cl)c1C(=O)O. The third kappa shape index (κ3) is 7.57. The molecule has 0 unspecified atom stereocenters. The van der Waals surface area contributed by atoms with E-state index in [2.05, 4.69) is 10.2 Å². The van der Waals surface area contributed by atoms with Gasteiger partial charge in [-0.3, -0.25) is 4.79 Å². The summed E-state index contributed by atoms with van der Waals surface area (Å²) in [7, 11) is 2.83. The first-order valence-corrected chi connectivity index (χ1v) is 11.5. The van der Waals surface area contributed by atoms with Crippen molar-refractivity contribution >= 4 is 70.1 Å². The van der Waals surface area contributed by atoms with Crippen molar-refractivity contribution in [2.45, 2.75) is 11.6 Å². The summed E-state index contributed by atoms with van der Waals surface area (Å²) in [6, 6.07) is 5.89. The summed E-state index contributed by atoms with van der Waals surface area (Å²) in [6.07, 6.45) is 0.00734. The van der Waals surface area contributed by atoms with Crippen molar-refractivity contribution in [1.82, 2.24) is 10.2 Å². The lowest BCUT2D eigenvalue weighted by molar-refractivity contribution is -0.136. The Bertz CT molecular complexity index is 1190. The molecule has 0 aliphatic heterocycles. The van der Waals surface area contributed by atoms with E-state index < -0.39 is 11.9 Å². The summed E-state index contributed by atoms with van der Waals surface area (Å²) in [5.74, 6) is -0.930. The first-order chi connectivity index (χ1) is 16.1. The van der Waals surface area contributed by atoms with E-state index in [1.54, 1.807) is 12.1 Å². The highest BCUT2D eigenvalue weighted by Gasteiger charge is 2.19. The van der Waals surface area contributed by atoms with Gasteiger partial charge in [0.2, 0.25) is 0 Å². The fourth-order valence-electron chi connectivity index (χ4n) is 2.43. The van der Waals surface area contributed by atoms with Gasteiger partial charge in [-0.2, -0.15) is 0 Å². The lowest BCUT2D eigenvalue weighted by Crippen LogP contribution is -2.01. The molecule has 0 saturated carbocycles. The first kappa shape index (κ1) is 27.9. The number of carboxylic acids is 2. The molecule has 0 bridgehead atoms. The van der Waals surface area contributed by atoms with E-state index in [9.17, 15) is 9.59 Å². The number of carboxylic acid groups (broad SMARTS) is 2. The molecule has 3 aromatic rings. The lowest BCUT2D eigenvalue weighted by atomic mass is 10.2. The van der Waals surface area contributed by atoms with Gasteiger partial charge in [-0.05, 0) is 24.3 Å². The predicted octanol–water partition coefficient (Wildman–Crippen LogP) is 6.32. The molecule has 3 rings (SSSR count). The molecule has 34 heavy (non-hydrogen) atoms. The van der Waals surface area contributed by atoms with E-state index in [-0.39, 0.29) is 33.9 Å². The molecule has 0 aliphatic carbocycles. The highest BCUT2D eigenvalue weighted by molar-refractivity contribution is 7.99. The number of methoxy groups -OCH3 is 2. The maximum absolute atomic E-state index is 10.7. The van der Waals surface area contributed by atoms with Gasteiger partial charge < -0.3 is 24.1 Å². The van der Waals surface area contributed by atoms with Gasteiger partial charge in [-0.1, -0.05) is 58.2 Å². The number of carbonyl (C=O) groups is 2. The molecule has 0 fully saturated rings. The Balaban J connectivity index is 0.000000270. The maximum atomic E-state index is 10.7. The fourth-order valence-corrected chi connectivity index (χ4v) is 4.23. The Kier molecular flexibility index (Phi) is 10.6. The van der Waals surface area contributed by atoms with Crippen LogP contribution >= 0.6 is 58.2 Å². The van der Waals surface area contributed by atoms with Crippen LogP contribution in [0.25, 0.3) is 11.5 Å². The molecule has 14 heteroatoms. The average Bonchev–Trinajstić information content (AvgIpc) is 3.20. The van der Waals surface area contributed by atoms with Crippen molar-refractivity contribution in [3.8, 4) is 23.0 Å². The number of benzene rings is 2. The van der Waals surface area contributed by atoms with Gasteiger partial charge in [0.15, 0.2) is 0 Å². The van der Waals surface area contributed by atoms with E-state index >= 15 is 0 Å². The standard InChI is InChI=1S/C12H10Cl2N2O4S.C8H6Cl2O3/c1-19-8-5-6(13)4-7(14)10(8)11-15-16-12(20-11)21-3-2-9(17)18;1-13-6-3-4(9)2-5(10)7(6)8(11)12/h4-5H,2-3H2,1H3,(H,17,18);2-3H,1H3,(H,11,12). The molecule has 0 radical (unpaired) electrons. The predicted molar refractivity (Wildman–Crippen MR) is 129 cm³/mol. The number of hydrogen-bond donors (Lipinski definition) is 2. The van der Waals surface area contributed by atoms with Gasteiger partial charge in [-0.15, -0.1) is 10.2 Å². The number of ether oxygens (including phenoxy) is 2. The number of aliphatic carboxylic acids is 1. The van der Waals surface area contributed by atoms with Crippen LogP contribution in [-0.2, 0) is 4.79 Å².